The van der Waals surface area contributed by atoms with Gasteiger partial charge in [0.15, 0.2) is 11.4 Å². The number of ketones is 1. The number of piperazine rings is 1. The Morgan fingerprint density at radius 1 is 1.11 bits per heavy atom. The van der Waals surface area contributed by atoms with E-state index in [9.17, 15) is 9.59 Å². The van der Waals surface area contributed by atoms with Crippen molar-refractivity contribution in [3.63, 3.8) is 0 Å². The summed E-state index contributed by atoms with van der Waals surface area (Å²) in [6, 6.07) is 12.9. The lowest BCUT2D eigenvalue weighted by atomic mass is 10.1. The summed E-state index contributed by atoms with van der Waals surface area (Å²) >= 11 is 7.67. The van der Waals surface area contributed by atoms with Crippen molar-refractivity contribution in [3.05, 3.63) is 63.6 Å². The summed E-state index contributed by atoms with van der Waals surface area (Å²) in [6.45, 7) is 4.48. The van der Waals surface area contributed by atoms with Crippen molar-refractivity contribution in [1.29, 1.82) is 0 Å². The molecular weight excluding hydrogens is 398 g/mol. The van der Waals surface area contributed by atoms with Gasteiger partial charge in [-0.3, -0.25) is 9.78 Å². The van der Waals surface area contributed by atoms with Crippen LogP contribution in [-0.2, 0) is 0 Å². The van der Waals surface area contributed by atoms with Crippen LogP contribution in [0.25, 0.3) is 11.1 Å². The minimum atomic E-state index is -0.506. The SMILES string of the molecule is O=C(CCN1CCN(Sc2ccc(Cl)cc2)CC1)c1ccc2[nH]c(=O)oc2c1. The third kappa shape index (κ3) is 4.67. The number of nitrogens with one attached hydrogen (secondary N) is 1. The van der Waals surface area contributed by atoms with Gasteiger partial charge < -0.3 is 9.32 Å². The predicted octanol–water partition coefficient (Wildman–Crippen LogP) is 3.67. The van der Waals surface area contributed by atoms with Crippen molar-refractivity contribution in [2.75, 3.05) is 32.7 Å². The standard InChI is InChI=1S/C20H20ClN3O3S/c21-15-2-4-16(5-3-15)28-24-11-9-23(10-12-24)8-7-18(25)14-1-6-17-19(13-14)27-20(26)22-17/h1-6,13H,7-12H2,(H,22,26). The van der Waals surface area contributed by atoms with E-state index in [1.54, 1.807) is 30.1 Å². The van der Waals surface area contributed by atoms with Gasteiger partial charge in [0.1, 0.15) is 0 Å². The molecule has 0 radical (unpaired) electrons. The minimum absolute atomic E-state index is 0.0590. The zero-order valence-corrected chi connectivity index (χ0v) is 16.8. The number of aromatic nitrogens is 1. The molecule has 6 nitrogen and oxygen atoms in total. The van der Waals surface area contributed by atoms with Gasteiger partial charge in [0, 0.05) is 54.6 Å². The Hall–Kier alpha value is -2.06. The highest BCUT2D eigenvalue weighted by atomic mass is 35.5. The fraction of sp³-hybridized carbons (Fsp3) is 0.300. The average molecular weight is 418 g/mol. The number of Topliss-reactive ketones (excluding diaryl/α,β-unsaturated/α-hetero) is 1. The van der Waals surface area contributed by atoms with E-state index in [0.717, 1.165) is 37.7 Å². The van der Waals surface area contributed by atoms with Crippen molar-refractivity contribution < 1.29 is 9.21 Å². The first-order valence-corrected chi connectivity index (χ1v) is 10.3. The molecule has 0 saturated carbocycles. The number of halogens is 1. The van der Waals surface area contributed by atoms with Crippen molar-refractivity contribution in [2.45, 2.75) is 11.3 Å². The van der Waals surface area contributed by atoms with E-state index >= 15 is 0 Å². The maximum absolute atomic E-state index is 12.5. The number of carbonyl (C=O) groups excluding carboxylic acids is 1. The lowest BCUT2D eigenvalue weighted by Gasteiger charge is -2.33. The van der Waals surface area contributed by atoms with E-state index in [4.69, 9.17) is 16.0 Å². The van der Waals surface area contributed by atoms with Crippen LogP contribution in [0.15, 0.2) is 56.6 Å². The highest BCUT2D eigenvalue weighted by molar-refractivity contribution is 7.97. The van der Waals surface area contributed by atoms with E-state index in [0.29, 0.717) is 23.1 Å². The second-order valence-corrected chi connectivity index (χ2v) is 8.32. The fourth-order valence-electron chi connectivity index (χ4n) is 3.21. The molecule has 4 rings (SSSR count). The fourth-order valence-corrected chi connectivity index (χ4v) is 4.24. The number of fused-ring (bicyclic) bond motifs is 1. The molecule has 0 bridgehead atoms. The van der Waals surface area contributed by atoms with Gasteiger partial charge in [-0.1, -0.05) is 11.6 Å². The summed E-state index contributed by atoms with van der Waals surface area (Å²) in [7, 11) is 0. The molecule has 1 aliphatic heterocycles. The number of benzene rings is 2. The Labute approximate surface area is 171 Å². The molecule has 2 aromatic carbocycles. The summed E-state index contributed by atoms with van der Waals surface area (Å²) < 4.78 is 7.37. The number of oxazole rings is 1. The van der Waals surface area contributed by atoms with E-state index in [1.807, 2.05) is 24.3 Å². The van der Waals surface area contributed by atoms with Crippen LogP contribution in [0, 0.1) is 0 Å². The molecular formula is C20H20ClN3O3S. The molecule has 3 aromatic rings. The number of rotatable bonds is 6. The minimum Gasteiger partial charge on any atom is -0.408 e. The monoisotopic (exact) mass is 417 g/mol. The van der Waals surface area contributed by atoms with Gasteiger partial charge in [-0.2, -0.15) is 0 Å². The summed E-state index contributed by atoms with van der Waals surface area (Å²) in [5.74, 6) is -0.447. The smallest absolute Gasteiger partial charge is 0.408 e. The van der Waals surface area contributed by atoms with Gasteiger partial charge in [0.2, 0.25) is 0 Å². The number of hydrogen-bond donors (Lipinski definition) is 1. The number of H-pyrrole nitrogens is 1. The first-order valence-electron chi connectivity index (χ1n) is 9.14. The van der Waals surface area contributed by atoms with E-state index < -0.39 is 5.76 Å². The van der Waals surface area contributed by atoms with Gasteiger partial charge in [0.25, 0.3) is 0 Å². The topological polar surface area (TPSA) is 69.6 Å². The predicted molar refractivity (Wildman–Crippen MR) is 111 cm³/mol. The van der Waals surface area contributed by atoms with Crippen LogP contribution in [-0.4, -0.2) is 52.7 Å². The summed E-state index contributed by atoms with van der Waals surface area (Å²) in [5.41, 5.74) is 1.60. The van der Waals surface area contributed by atoms with Gasteiger partial charge in [0.05, 0.1) is 5.52 Å². The van der Waals surface area contributed by atoms with E-state index in [2.05, 4.69) is 14.2 Å². The van der Waals surface area contributed by atoms with Crippen molar-refractivity contribution >= 4 is 40.4 Å². The van der Waals surface area contributed by atoms with Crippen molar-refractivity contribution in [1.82, 2.24) is 14.2 Å². The van der Waals surface area contributed by atoms with Crippen LogP contribution in [0.4, 0.5) is 0 Å². The first kappa shape index (κ1) is 19.3. The maximum atomic E-state index is 12.5. The quantitative estimate of drug-likeness (QED) is 0.487. The highest BCUT2D eigenvalue weighted by Crippen LogP contribution is 2.25. The third-order valence-electron chi connectivity index (χ3n) is 4.78. The number of carbonyl (C=O) groups is 1. The Morgan fingerprint density at radius 2 is 1.86 bits per heavy atom. The summed E-state index contributed by atoms with van der Waals surface area (Å²) in [5, 5.41) is 0.747. The molecule has 28 heavy (non-hydrogen) atoms. The zero-order chi connectivity index (χ0) is 19.5. The lowest BCUT2D eigenvalue weighted by Crippen LogP contribution is -2.44. The third-order valence-corrected chi connectivity index (χ3v) is 6.14. The van der Waals surface area contributed by atoms with Crippen molar-refractivity contribution in [3.8, 4) is 0 Å². The summed E-state index contributed by atoms with van der Waals surface area (Å²) in [4.78, 5) is 29.8. The van der Waals surface area contributed by atoms with Crippen LogP contribution in [0.2, 0.25) is 5.02 Å². The number of aromatic amines is 1. The number of nitrogens with zero attached hydrogens (tertiary/aromatic N) is 2. The maximum Gasteiger partial charge on any atom is 0.417 e. The second kappa shape index (κ2) is 8.53. The van der Waals surface area contributed by atoms with E-state index in [-0.39, 0.29) is 5.78 Å². The van der Waals surface area contributed by atoms with Crippen LogP contribution >= 0.6 is 23.5 Å². The molecule has 1 N–H and O–H groups in total. The Morgan fingerprint density at radius 3 is 2.61 bits per heavy atom. The normalized spacial score (nSPS) is 15.9. The zero-order valence-electron chi connectivity index (χ0n) is 15.2. The molecule has 0 spiro atoms. The molecule has 0 amide bonds. The molecule has 2 heterocycles. The van der Waals surface area contributed by atoms with Gasteiger partial charge in [-0.05, 0) is 54.4 Å². The molecule has 0 unspecified atom stereocenters. The molecule has 1 aliphatic rings. The van der Waals surface area contributed by atoms with Crippen molar-refractivity contribution in [2.24, 2.45) is 0 Å². The molecule has 1 fully saturated rings. The van der Waals surface area contributed by atoms with Gasteiger partial charge in [-0.25, -0.2) is 9.10 Å². The molecule has 0 aliphatic carbocycles. The molecule has 146 valence electrons. The first-order chi connectivity index (χ1) is 13.6. The second-order valence-electron chi connectivity index (χ2n) is 6.71. The van der Waals surface area contributed by atoms with Crippen LogP contribution in [0.3, 0.4) is 0 Å². The molecule has 1 aromatic heterocycles. The summed E-state index contributed by atoms with van der Waals surface area (Å²) in [6.07, 6.45) is 0.449. The van der Waals surface area contributed by atoms with Gasteiger partial charge >= 0.3 is 5.76 Å². The molecule has 0 atom stereocenters. The largest absolute Gasteiger partial charge is 0.417 e. The van der Waals surface area contributed by atoms with Crippen LogP contribution in [0.5, 0.6) is 0 Å². The highest BCUT2D eigenvalue weighted by Gasteiger charge is 2.19. The van der Waals surface area contributed by atoms with Crippen LogP contribution in [0.1, 0.15) is 16.8 Å². The number of hydrogen-bond acceptors (Lipinski definition) is 6. The Bertz CT molecular complexity index is 1020. The van der Waals surface area contributed by atoms with Crippen LogP contribution < -0.4 is 5.76 Å². The average Bonchev–Trinajstić information content (AvgIpc) is 3.08. The van der Waals surface area contributed by atoms with Gasteiger partial charge in [-0.15, -0.1) is 0 Å². The molecule has 1 saturated heterocycles. The molecule has 8 heteroatoms. The lowest BCUT2D eigenvalue weighted by molar-refractivity contribution is 0.0954. The van der Waals surface area contributed by atoms with E-state index in [1.165, 1.54) is 4.90 Å². The Balaban J connectivity index is 1.25. The Kier molecular flexibility index (Phi) is 5.87.